The monoisotopic (exact) mass is 475 g/mol. The van der Waals surface area contributed by atoms with Gasteiger partial charge in [0.05, 0.1) is 24.3 Å². The lowest BCUT2D eigenvalue weighted by Crippen LogP contribution is -2.52. The van der Waals surface area contributed by atoms with Crippen LogP contribution >= 0.6 is 0 Å². The Kier molecular flexibility index (Phi) is 6.86. The maximum atomic E-state index is 13.8. The van der Waals surface area contributed by atoms with E-state index in [4.69, 9.17) is 0 Å². The number of nitrogens with one attached hydrogen (secondary N) is 1. The summed E-state index contributed by atoms with van der Waals surface area (Å²) in [5.74, 6) is -2.35. The third kappa shape index (κ3) is 6.15. The average molecular weight is 475 g/mol. The van der Waals surface area contributed by atoms with Crippen molar-refractivity contribution in [2.75, 3.05) is 23.8 Å². The number of rotatable bonds is 5. The van der Waals surface area contributed by atoms with Gasteiger partial charge >= 0.3 is 12.5 Å². The highest BCUT2D eigenvalue weighted by Crippen LogP contribution is 2.38. The van der Waals surface area contributed by atoms with Crippen LogP contribution in [0, 0.1) is 0 Å². The maximum absolute atomic E-state index is 13.8. The molecular weight excluding hydrogens is 456 g/mol. The van der Waals surface area contributed by atoms with Gasteiger partial charge in [-0.25, -0.2) is 0 Å². The largest absolute Gasteiger partial charge is 0.573 e. The Morgan fingerprint density at radius 3 is 2.39 bits per heavy atom. The second-order valence-corrected chi connectivity index (χ2v) is 7.42. The van der Waals surface area contributed by atoms with Crippen LogP contribution in [0.3, 0.4) is 0 Å². The number of para-hydroxylation sites is 3. The van der Waals surface area contributed by atoms with Crippen molar-refractivity contribution in [2.24, 2.45) is 0 Å². The van der Waals surface area contributed by atoms with Gasteiger partial charge in [-0.1, -0.05) is 30.3 Å². The van der Waals surface area contributed by atoms with Crippen LogP contribution in [-0.2, 0) is 16.1 Å². The van der Waals surface area contributed by atoms with E-state index in [1.165, 1.54) is 54.4 Å². The van der Waals surface area contributed by atoms with Crippen LogP contribution in [0.5, 0.6) is 5.75 Å². The summed E-state index contributed by atoms with van der Waals surface area (Å²) in [7, 11) is 1.37. The van der Waals surface area contributed by atoms with Crippen molar-refractivity contribution in [3.8, 4) is 5.75 Å². The number of likely N-dealkylation sites (N-methyl/N-ethyl adjacent to an activating group) is 1. The molecule has 2 aromatic carbocycles. The molecule has 2 aromatic rings. The Hall–Kier alpha value is -3.28. The molecule has 1 unspecified atom stereocenters. The fourth-order valence-corrected chi connectivity index (χ4v) is 3.51. The molecule has 0 fully saturated rings. The van der Waals surface area contributed by atoms with Crippen molar-refractivity contribution in [1.82, 2.24) is 4.90 Å². The Bertz CT molecular complexity index is 1020. The molecular formula is C21H19F6N3O3. The highest BCUT2D eigenvalue weighted by molar-refractivity contribution is 6.05. The first kappa shape index (κ1) is 24.4. The summed E-state index contributed by atoms with van der Waals surface area (Å²) in [6.07, 6.45) is -10.8. The number of carbonyl (C=O) groups is 2. The average Bonchev–Trinajstić information content (AvgIpc) is 2.84. The smallest absolute Gasteiger partial charge is 0.405 e. The minimum Gasteiger partial charge on any atom is -0.405 e. The SMILES string of the molecule is CN(CC(=O)N1c2ccccc2NC(=O)CC1C(F)(F)F)Cc1ccccc1OC(F)(F)F. The molecule has 0 aliphatic carbocycles. The van der Waals surface area contributed by atoms with Crippen LogP contribution in [-0.4, -0.2) is 48.9 Å². The number of amides is 2. The lowest BCUT2D eigenvalue weighted by atomic mass is 10.1. The van der Waals surface area contributed by atoms with Crippen molar-refractivity contribution in [2.45, 2.75) is 31.5 Å². The quantitative estimate of drug-likeness (QED) is 0.655. The van der Waals surface area contributed by atoms with Gasteiger partial charge < -0.3 is 10.1 Å². The second kappa shape index (κ2) is 9.30. The molecule has 1 heterocycles. The third-order valence-corrected chi connectivity index (χ3v) is 4.82. The fourth-order valence-electron chi connectivity index (χ4n) is 3.51. The first-order valence-electron chi connectivity index (χ1n) is 9.65. The van der Waals surface area contributed by atoms with E-state index < -0.39 is 49.1 Å². The zero-order chi connectivity index (χ0) is 24.4. The summed E-state index contributed by atoms with van der Waals surface area (Å²) in [6.45, 7) is -0.767. The van der Waals surface area contributed by atoms with Crippen molar-refractivity contribution in [3.05, 3.63) is 54.1 Å². The lowest BCUT2D eigenvalue weighted by molar-refractivity contribution is -0.275. The number of fused-ring (bicyclic) bond motifs is 1. The van der Waals surface area contributed by atoms with E-state index in [9.17, 15) is 35.9 Å². The summed E-state index contributed by atoms with van der Waals surface area (Å²) in [4.78, 5) is 26.8. The molecule has 12 heteroatoms. The number of hydrogen-bond donors (Lipinski definition) is 1. The molecule has 0 bridgehead atoms. The summed E-state index contributed by atoms with van der Waals surface area (Å²) in [5, 5.41) is 2.36. The van der Waals surface area contributed by atoms with Gasteiger partial charge in [0.2, 0.25) is 11.8 Å². The van der Waals surface area contributed by atoms with Crippen LogP contribution in [0.1, 0.15) is 12.0 Å². The van der Waals surface area contributed by atoms with E-state index in [0.29, 0.717) is 4.90 Å². The van der Waals surface area contributed by atoms with Gasteiger partial charge in [-0.15, -0.1) is 13.2 Å². The zero-order valence-corrected chi connectivity index (χ0v) is 17.2. The Balaban J connectivity index is 1.85. The van der Waals surface area contributed by atoms with Gasteiger partial charge in [-0.2, -0.15) is 13.2 Å². The fraction of sp³-hybridized carbons (Fsp3) is 0.333. The van der Waals surface area contributed by atoms with Crippen molar-refractivity contribution >= 4 is 23.2 Å². The normalized spacial score (nSPS) is 16.8. The number of hydrogen-bond acceptors (Lipinski definition) is 4. The molecule has 0 spiro atoms. The molecule has 0 saturated heterocycles. The number of anilines is 2. The number of nitrogens with zero attached hydrogens (tertiary/aromatic N) is 2. The van der Waals surface area contributed by atoms with E-state index >= 15 is 0 Å². The van der Waals surface area contributed by atoms with Gasteiger partial charge in [0.15, 0.2) is 0 Å². The Labute approximate surface area is 184 Å². The van der Waals surface area contributed by atoms with E-state index in [0.717, 1.165) is 6.07 Å². The molecule has 6 nitrogen and oxygen atoms in total. The Morgan fingerprint density at radius 1 is 1.09 bits per heavy atom. The molecule has 0 aromatic heterocycles. The summed E-state index contributed by atoms with van der Waals surface area (Å²) in [5.41, 5.74) is 0.0182. The molecule has 1 aliphatic rings. The van der Waals surface area contributed by atoms with Crippen LogP contribution in [0.25, 0.3) is 0 Å². The molecule has 0 radical (unpaired) electrons. The van der Waals surface area contributed by atoms with E-state index in [1.807, 2.05) is 0 Å². The standard InChI is InChI=1S/C21H19F6N3O3/c1-29(11-13-6-2-5-9-16(13)33-21(25,26)27)12-19(32)30-15-8-4-3-7-14(15)28-18(31)10-17(30)20(22,23)24/h2-9,17H,10-12H2,1H3,(H,28,31). The highest BCUT2D eigenvalue weighted by Gasteiger charge is 2.49. The van der Waals surface area contributed by atoms with Gasteiger partial charge in [0.25, 0.3) is 0 Å². The summed E-state index contributed by atoms with van der Waals surface area (Å²) < 4.78 is 83.2. The number of alkyl halides is 6. The third-order valence-electron chi connectivity index (χ3n) is 4.82. The first-order chi connectivity index (χ1) is 15.3. The van der Waals surface area contributed by atoms with Crippen molar-refractivity contribution in [3.63, 3.8) is 0 Å². The topological polar surface area (TPSA) is 61.9 Å². The molecule has 0 saturated carbocycles. The van der Waals surface area contributed by atoms with E-state index in [1.54, 1.807) is 0 Å². The van der Waals surface area contributed by atoms with Crippen LogP contribution in [0.4, 0.5) is 37.7 Å². The number of ether oxygens (including phenoxy) is 1. The van der Waals surface area contributed by atoms with E-state index in [2.05, 4.69) is 10.1 Å². The minimum atomic E-state index is -4.93. The van der Waals surface area contributed by atoms with E-state index in [-0.39, 0.29) is 23.5 Å². The molecule has 33 heavy (non-hydrogen) atoms. The summed E-state index contributed by atoms with van der Waals surface area (Å²) >= 11 is 0. The minimum absolute atomic E-state index is 0.0502. The first-order valence-corrected chi connectivity index (χ1v) is 9.65. The lowest BCUT2D eigenvalue weighted by Gasteiger charge is -2.33. The van der Waals surface area contributed by atoms with Crippen LogP contribution in [0.2, 0.25) is 0 Å². The second-order valence-electron chi connectivity index (χ2n) is 7.42. The highest BCUT2D eigenvalue weighted by atomic mass is 19.4. The molecule has 1 N–H and O–H groups in total. The number of halogens is 6. The van der Waals surface area contributed by atoms with Gasteiger partial charge in [-0.3, -0.25) is 19.4 Å². The number of benzene rings is 2. The maximum Gasteiger partial charge on any atom is 0.573 e. The van der Waals surface area contributed by atoms with Gasteiger partial charge in [0, 0.05) is 12.1 Å². The summed E-state index contributed by atoms with van der Waals surface area (Å²) in [6, 6.07) is 8.44. The number of carbonyl (C=O) groups excluding carboxylic acids is 2. The molecule has 3 rings (SSSR count). The van der Waals surface area contributed by atoms with Gasteiger partial charge in [0.1, 0.15) is 11.8 Å². The predicted molar refractivity (Wildman–Crippen MR) is 106 cm³/mol. The molecule has 2 amide bonds. The zero-order valence-electron chi connectivity index (χ0n) is 17.2. The van der Waals surface area contributed by atoms with Crippen LogP contribution < -0.4 is 15.0 Å². The predicted octanol–water partition coefficient (Wildman–Crippen LogP) is 4.32. The van der Waals surface area contributed by atoms with Crippen molar-refractivity contribution in [1.29, 1.82) is 0 Å². The van der Waals surface area contributed by atoms with Crippen molar-refractivity contribution < 1.29 is 40.7 Å². The molecule has 178 valence electrons. The molecule has 1 aliphatic heterocycles. The Morgan fingerprint density at radius 2 is 1.73 bits per heavy atom. The van der Waals surface area contributed by atoms with Gasteiger partial charge in [-0.05, 0) is 25.2 Å². The molecule has 1 atom stereocenters. The van der Waals surface area contributed by atoms with Crippen LogP contribution in [0.15, 0.2) is 48.5 Å².